The Bertz CT molecular complexity index is 1270. The predicted molar refractivity (Wildman–Crippen MR) is 155 cm³/mol. The highest BCUT2D eigenvalue weighted by atomic mass is 19.4. The number of aliphatic carboxylic acids is 1. The highest BCUT2D eigenvalue weighted by molar-refractivity contribution is 6.00. The maximum Gasteiger partial charge on any atom is 0.406 e. The zero-order valence-electron chi connectivity index (χ0n) is 24.5. The summed E-state index contributed by atoms with van der Waals surface area (Å²) in [5, 5.41) is 9.34. The molecule has 11 heteroatoms. The molecular formula is C32H40F3N3O5. The number of anilines is 1. The zero-order valence-corrected chi connectivity index (χ0v) is 24.5. The van der Waals surface area contributed by atoms with Gasteiger partial charge in [0.25, 0.3) is 5.91 Å². The lowest BCUT2D eigenvalue weighted by molar-refractivity contribution is -0.144. The summed E-state index contributed by atoms with van der Waals surface area (Å²) < 4.78 is 52.1. The molecule has 8 nitrogen and oxygen atoms in total. The highest BCUT2D eigenvalue weighted by Gasteiger charge is 2.39. The Kier molecular flexibility index (Phi) is 9.66. The van der Waals surface area contributed by atoms with Gasteiger partial charge in [0, 0.05) is 37.5 Å². The molecule has 1 aromatic heterocycles. The van der Waals surface area contributed by atoms with E-state index in [-0.39, 0.29) is 23.8 Å². The Hall–Kier alpha value is -3.50. The van der Waals surface area contributed by atoms with E-state index in [1.165, 1.54) is 7.11 Å². The fourth-order valence-electron chi connectivity index (χ4n) is 6.53. The molecule has 0 bridgehead atoms. The van der Waals surface area contributed by atoms with Crippen LogP contribution in [0, 0.1) is 11.8 Å². The average molecular weight is 604 g/mol. The normalized spacial score (nSPS) is 18.8. The van der Waals surface area contributed by atoms with E-state index in [0.29, 0.717) is 55.8 Å². The molecule has 2 saturated carbocycles. The van der Waals surface area contributed by atoms with E-state index in [4.69, 9.17) is 9.47 Å². The lowest BCUT2D eigenvalue weighted by Crippen LogP contribution is -2.45. The number of carbonyl (C=O) groups is 2. The van der Waals surface area contributed by atoms with Gasteiger partial charge >= 0.3 is 12.1 Å². The number of carboxylic acids is 1. The van der Waals surface area contributed by atoms with Crippen molar-refractivity contribution in [1.29, 1.82) is 0 Å². The van der Waals surface area contributed by atoms with Gasteiger partial charge < -0.3 is 24.4 Å². The molecule has 3 fully saturated rings. The van der Waals surface area contributed by atoms with Crippen molar-refractivity contribution in [2.45, 2.75) is 75.9 Å². The van der Waals surface area contributed by atoms with Crippen LogP contribution in [0.4, 0.5) is 18.9 Å². The number of carboxylic acid groups (broad SMARTS) is 1. The molecule has 1 atom stereocenters. The quantitative estimate of drug-likeness (QED) is 0.304. The van der Waals surface area contributed by atoms with E-state index in [0.717, 1.165) is 49.0 Å². The van der Waals surface area contributed by atoms with Crippen molar-refractivity contribution in [2.75, 3.05) is 38.3 Å². The molecule has 1 unspecified atom stereocenters. The van der Waals surface area contributed by atoms with Crippen molar-refractivity contribution in [3.8, 4) is 11.6 Å². The third kappa shape index (κ3) is 8.12. The van der Waals surface area contributed by atoms with Crippen molar-refractivity contribution in [3.63, 3.8) is 0 Å². The molecule has 2 heterocycles. The van der Waals surface area contributed by atoms with Crippen molar-refractivity contribution in [1.82, 2.24) is 9.88 Å². The minimum atomic E-state index is -4.48. The lowest BCUT2D eigenvalue weighted by Gasteiger charge is -2.36. The summed E-state index contributed by atoms with van der Waals surface area (Å²) in [7, 11) is 1.52. The van der Waals surface area contributed by atoms with Gasteiger partial charge in [0.15, 0.2) is 0 Å². The molecule has 0 spiro atoms. The number of aromatic nitrogens is 1. The Morgan fingerprint density at radius 3 is 2.42 bits per heavy atom. The van der Waals surface area contributed by atoms with Crippen molar-refractivity contribution < 1.29 is 37.3 Å². The van der Waals surface area contributed by atoms with Crippen LogP contribution in [0.1, 0.15) is 79.6 Å². The molecule has 234 valence electrons. The van der Waals surface area contributed by atoms with Gasteiger partial charge in [0.05, 0.1) is 31.4 Å². The number of pyridine rings is 1. The first-order valence-corrected chi connectivity index (χ1v) is 15.2. The van der Waals surface area contributed by atoms with Gasteiger partial charge in [-0.15, -0.1) is 0 Å². The summed E-state index contributed by atoms with van der Waals surface area (Å²) in [4.78, 5) is 32.5. The third-order valence-corrected chi connectivity index (χ3v) is 9.01. The van der Waals surface area contributed by atoms with Crippen LogP contribution in [0.15, 0.2) is 36.5 Å². The van der Waals surface area contributed by atoms with E-state index in [1.54, 1.807) is 24.4 Å². The number of benzene rings is 1. The van der Waals surface area contributed by atoms with Crippen LogP contribution in [0.2, 0.25) is 0 Å². The van der Waals surface area contributed by atoms with Gasteiger partial charge in [-0.25, -0.2) is 4.98 Å². The molecule has 2 aromatic rings. The fraction of sp³-hybridized carbons (Fsp3) is 0.594. The van der Waals surface area contributed by atoms with E-state index in [2.05, 4.69) is 9.88 Å². The van der Waals surface area contributed by atoms with Crippen molar-refractivity contribution >= 4 is 17.6 Å². The largest absolute Gasteiger partial charge is 0.497 e. The van der Waals surface area contributed by atoms with Crippen molar-refractivity contribution in [3.05, 3.63) is 47.7 Å². The summed E-state index contributed by atoms with van der Waals surface area (Å²) in [6, 6.07) is 8.26. The van der Waals surface area contributed by atoms with Crippen molar-refractivity contribution in [2.24, 2.45) is 11.8 Å². The number of hydrogen-bond acceptors (Lipinski definition) is 6. The Morgan fingerprint density at radius 1 is 1.07 bits per heavy atom. The molecular weight excluding hydrogens is 563 g/mol. The van der Waals surface area contributed by atoms with Crippen LogP contribution in [0.3, 0.4) is 0 Å². The number of nitrogens with zero attached hydrogens (tertiary/aromatic N) is 3. The van der Waals surface area contributed by atoms with E-state index < -0.39 is 30.6 Å². The number of amides is 1. The van der Waals surface area contributed by atoms with Gasteiger partial charge in [-0.3, -0.25) is 9.59 Å². The number of carbonyl (C=O) groups excluding carboxylic acids is 1. The lowest BCUT2D eigenvalue weighted by atomic mass is 9.92. The third-order valence-electron chi connectivity index (χ3n) is 9.01. The summed E-state index contributed by atoms with van der Waals surface area (Å²) >= 11 is 0. The standard InChI is InChI=1S/C32H40F3N3O5/c1-42-25-8-9-26(31(41)38(20-32(33,34)35)24-4-2-3-5-24)28(17-25)37-14-11-21(12-15-37)19-43-29-16-23(10-13-36-29)27(18-30(39)40)22-6-7-22/h8-10,13,16-17,21-22,24,27H,2-7,11-12,14-15,18-20H2,1H3,(H,39,40). The number of halogens is 3. The molecule has 1 aromatic carbocycles. The maximum atomic E-state index is 13.7. The van der Waals surface area contributed by atoms with E-state index >= 15 is 0 Å². The van der Waals surface area contributed by atoms with Gasteiger partial charge in [-0.2, -0.15) is 13.2 Å². The average Bonchev–Trinajstić information content (AvgIpc) is 3.69. The van der Waals surface area contributed by atoms with Crippen LogP contribution in [-0.4, -0.2) is 72.4 Å². The molecule has 0 radical (unpaired) electrons. The van der Waals surface area contributed by atoms with Gasteiger partial charge in [0.1, 0.15) is 12.3 Å². The van der Waals surface area contributed by atoms with Gasteiger partial charge in [0.2, 0.25) is 5.88 Å². The van der Waals surface area contributed by atoms with E-state index in [1.807, 2.05) is 12.1 Å². The second kappa shape index (κ2) is 13.4. The molecule has 5 rings (SSSR count). The monoisotopic (exact) mass is 603 g/mol. The SMILES string of the molecule is COc1ccc(C(=O)N(CC(F)(F)F)C2CCCC2)c(N2CCC(COc3cc(C(CC(=O)O)C4CC4)ccn3)CC2)c1. The number of rotatable bonds is 12. The first-order valence-electron chi connectivity index (χ1n) is 15.2. The first-order chi connectivity index (χ1) is 20.6. The number of piperidine rings is 1. The zero-order chi connectivity index (χ0) is 30.6. The fourth-order valence-corrected chi connectivity index (χ4v) is 6.53. The van der Waals surface area contributed by atoms with Crippen LogP contribution >= 0.6 is 0 Å². The second-order valence-electron chi connectivity index (χ2n) is 12.1. The Labute approximate surface area is 250 Å². The molecule has 2 aliphatic carbocycles. The molecule has 1 N–H and O–H groups in total. The molecule has 1 aliphatic heterocycles. The van der Waals surface area contributed by atoms with Gasteiger partial charge in [-0.1, -0.05) is 12.8 Å². The second-order valence-corrected chi connectivity index (χ2v) is 12.1. The number of hydrogen-bond donors (Lipinski definition) is 1. The summed E-state index contributed by atoms with van der Waals surface area (Å²) in [5.41, 5.74) is 1.80. The topological polar surface area (TPSA) is 92.2 Å². The Morgan fingerprint density at radius 2 is 1.79 bits per heavy atom. The molecule has 1 saturated heterocycles. The predicted octanol–water partition coefficient (Wildman–Crippen LogP) is 6.30. The number of ether oxygens (including phenoxy) is 2. The molecule has 43 heavy (non-hydrogen) atoms. The molecule has 1 amide bonds. The smallest absolute Gasteiger partial charge is 0.406 e. The Balaban J connectivity index is 1.24. The summed E-state index contributed by atoms with van der Waals surface area (Å²) in [6.45, 7) is 0.413. The van der Waals surface area contributed by atoms with Crippen LogP contribution < -0.4 is 14.4 Å². The summed E-state index contributed by atoms with van der Waals surface area (Å²) in [5.74, 6) is 0.201. The minimum Gasteiger partial charge on any atom is -0.497 e. The van der Waals surface area contributed by atoms with Crippen LogP contribution in [-0.2, 0) is 4.79 Å². The maximum absolute atomic E-state index is 13.7. The van der Waals surface area contributed by atoms with Crippen LogP contribution in [0.25, 0.3) is 0 Å². The first kappa shape index (κ1) is 30.9. The highest BCUT2D eigenvalue weighted by Crippen LogP contribution is 2.45. The summed E-state index contributed by atoms with van der Waals surface area (Å²) in [6.07, 6.45) is 3.69. The van der Waals surface area contributed by atoms with Crippen LogP contribution in [0.5, 0.6) is 11.6 Å². The van der Waals surface area contributed by atoms with Gasteiger partial charge in [-0.05, 0) is 80.0 Å². The number of alkyl halides is 3. The minimum absolute atomic E-state index is 0.0356. The molecule has 3 aliphatic rings. The number of methoxy groups -OCH3 is 1. The van der Waals surface area contributed by atoms with E-state index in [9.17, 15) is 27.9 Å².